The SMILES string of the molecule is FC(F)(F)CCCOC1CCc2ccccc2NC1. The van der Waals surface area contributed by atoms with Crippen molar-refractivity contribution in [2.75, 3.05) is 18.5 Å². The summed E-state index contributed by atoms with van der Waals surface area (Å²) in [6.45, 7) is 0.825. The number of alkyl halides is 3. The number of anilines is 1. The smallest absolute Gasteiger partial charge is 0.382 e. The third kappa shape index (κ3) is 4.74. The molecule has 1 unspecified atom stereocenters. The van der Waals surface area contributed by atoms with Gasteiger partial charge >= 0.3 is 6.18 Å². The second-order valence-corrected chi connectivity index (χ2v) is 4.79. The zero-order valence-electron chi connectivity index (χ0n) is 10.7. The van der Waals surface area contributed by atoms with Gasteiger partial charge in [0.2, 0.25) is 0 Å². The van der Waals surface area contributed by atoms with Crippen molar-refractivity contribution in [1.82, 2.24) is 0 Å². The van der Waals surface area contributed by atoms with Crippen LogP contribution in [0.1, 0.15) is 24.8 Å². The molecule has 1 aromatic carbocycles. The lowest BCUT2D eigenvalue weighted by Crippen LogP contribution is -2.23. The number of nitrogens with one attached hydrogen (secondary N) is 1. The molecule has 0 saturated carbocycles. The summed E-state index contributed by atoms with van der Waals surface area (Å²) in [7, 11) is 0. The van der Waals surface area contributed by atoms with Crippen molar-refractivity contribution in [3.63, 3.8) is 0 Å². The second kappa shape index (κ2) is 6.28. The number of ether oxygens (including phenoxy) is 1. The molecule has 5 heteroatoms. The fraction of sp³-hybridized carbons (Fsp3) is 0.571. The van der Waals surface area contributed by atoms with E-state index in [0.717, 1.165) is 18.5 Å². The molecule has 2 nitrogen and oxygen atoms in total. The van der Waals surface area contributed by atoms with E-state index < -0.39 is 12.6 Å². The molecule has 1 aliphatic heterocycles. The van der Waals surface area contributed by atoms with Crippen molar-refractivity contribution in [3.05, 3.63) is 29.8 Å². The van der Waals surface area contributed by atoms with Crippen LogP contribution in [0.15, 0.2) is 24.3 Å². The van der Waals surface area contributed by atoms with Crippen LogP contribution in [0.25, 0.3) is 0 Å². The van der Waals surface area contributed by atoms with Crippen LogP contribution in [0.5, 0.6) is 0 Å². The topological polar surface area (TPSA) is 21.3 Å². The molecule has 1 heterocycles. The average molecular weight is 273 g/mol. The number of hydrogen-bond donors (Lipinski definition) is 1. The normalized spacial score (nSPS) is 19.4. The van der Waals surface area contributed by atoms with E-state index >= 15 is 0 Å². The Morgan fingerprint density at radius 3 is 2.84 bits per heavy atom. The molecule has 1 aromatic rings. The van der Waals surface area contributed by atoms with Crippen molar-refractivity contribution in [2.24, 2.45) is 0 Å². The van der Waals surface area contributed by atoms with Gasteiger partial charge in [-0.2, -0.15) is 13.2 Å². The van der Waals surface area contributed by atoms with E-state index in [2.05, 4.69) is 11.4 Å². The Kier molecular flexibility index (Phi) is 4.69. The minimum atomic E-state index is -4.08. The van der Waals surface area contributed by atoms with Gasteiger partial charge in [0.05, 0.1) is 6.10 Å². The maximum Gasteiger partial charge on any atom is 0.389 e. The highest BCUT2D eigenvalue weighted by Gasteiger charge is 2.26. The highest BCUT2D eigenvalue weighted by Crippen LogP contribution is 2.23. The first-order valence-corrected chi connectivity index (χ1v) is 6.55. The molecule has 19 heavy (non-hydrogen) atoms. The molecule has 0 saturated heterocycles. The third-order valence-corrected chi connectivity index (χ3v) is 3.23. The predicted octanol–water partition coefficient (Wildman–Crippen LogP) is 3.77. The molecule has 2 rings (SSSR count). The van der Waals surface area contributed by atoms with Crippen LogP contribution in [-0.4, -0.2) is 25.4 Å². The molecule has 0 amide bonds. The quantitative estimate of drug-likeness (QED) is 0.843. The number of rotatable bonds is 4. The van der Waals surface area contributed by atoms with Gasteiger partial charge in [0.1, 0.15) is 0 Å². The summed E-state index contributed by atoms with van der Waals surface area (Å²) in [6, 6.07) is 8.04. The molecule has 106 valence electrons. The van der Waals surface area contributed by atoms with Crippen molar-refractivity contribution in [2.45, 2.75) is 38.0 Å². The van der Waals surface area contributed by atoms with Crippen LogP contribution in [0.4, 0.5) is 18.9 Å². The van der Waals surface area contributed by atoms with E-state index in [4.69, 9.17) is 4.74 Å². The number of benzene rings is 1. The average Bonchev–Trinajstić information content (AvgIpc) is 2.56. The lowest BCUT2D eigenvalue weighted by Gasteiger charge is -2.16. The molecule has 0 aliphatic carbocycles. The summed E-state index contributed by atoms with van der Waals surface area (Å²) < 4.78 is 41.5. The molecule has 0 radical (unpaired) electrons. The minimum Gasteiger partial charge on any atom is -0.382 e. The molecular formula is C14H18F3NO. The van der Waals surface area contributed by atoms with E-state index in [1.807, 2.05) is 18.2 Å². The highest BCUT2D eigenvalue weighted by atomic mass is 19.4. The fourth-order valence-corrected chi connectivity index (χ4v) is 2.22. The van der Waals surface area contributed by atoms with Gasteiger partial charge in [-0.15, -0.1) is 0 Å². The van der Waals surface area contributed by atoms with Gasteiger partial charge in [0, 0.05) is 25.3 Å². The summed E-state index contributed by atoms with van der Waals surface area (Å²) >= 11 is 0. The first-order chi connectivity index (χ1) is 9.04. The summed E-state index contributed by atoms with van der Waals surface area (Å²) in [4.78, 5) is 0. The number of para-hydroxylation sites is 1. The maximum atomic E-state index is 12.0. The predicted molar refractivity (Wildman–Crippen MR) is 68.3 cm³/mol. The lowest BCUT2D eigenvalue weighted by molar-refractivity contribution is -0.138. The van der Waals surface area contributed by atoms with E-state index in [0.29, 0.717) is 6.54 Å². The third-order valence-electron chi connectivity index (χ3n) is 3.23. The van der Waals surface area contributed by atoms with Crippen molar-refractivity contribution < 1.29 is 17.9 Å². The second-order valence-electron chi connectivity index (χ2n) is 4.79. The Bertz CT molecular complexity index is 379. The van der Waals surface area contributed by atoms with Crippen molar-refractivity contribution >= 4 is 5.69 Å². The standard InChI is InChI=1S/C14H18F3NO/c15-14(16,17)8-3-9-19-12-7-6-11-4-1-2-5-13(11)18-10-12/h1-2,4-5,12,18H,3,6-10H2. The van der Waals surface area contributed by atoms with Gasteiger partial charge in [0.15, 0.2) is 0 Å². The number of hydrogen-bond acceptors (Lipinski definition) is 2. The number of aryl methyl sites for hydroxylation is 1. The van der Waals surface area contributed by atoms with Crippen LogP contribution < -0.4 is 5.32 Å². The maximum absolute atomic E-state index is 12.0. The van der Waals surface area contributed by atoms with Gasteiger partial charge in [-0.1, -0.05) is 18.2 Å². The lowest BCUT2D eigenvalue weighted by atomic mass is 10.1. The van der Waals surface area contributed by atoms with E-state index in [-0.39, 0.29) is 19.1 Å². The van der Waals surface area contributed by atoms with Gasteiger partial charge in [-0.05, 0) is 30.9 Å². The first-order valence-electron chi connectivity index (χ1n) is 6.55. The van der Waals surface area contributed by atoms with E-state index in [1.54, 1.807) is 0 Å². The number of halogens is 3. The van der Waals surface area contributed by atoms with Gasteiger partial charge in [-0.3, -0.25) is 0 Å². The Balaban J connectivity index is 1.73. The summed E-state index contributed by atoms with van der Waals surface area (Å²) in [6.07, 6.45) is -3.09. The van der Waals surface area contributed by atoms with Crippen molar-refractivity contribution in [1.29, 1.82) is 0 Å². The van der Waals surface area contributed by atoms with Gasteiger partial charge in [0.25, 0.3) is 0 Å². The first kappa shape index (κ1) is 14.2. The Labute approximate surface area is 111 Å². The number of fused-ring (bicyclic) bond motifs is 1. The minimum absolute atomic E-state index is 0.0133. The fourth-order valence-electron chi connectivity index (χ4n) is 2.22. The Hall–Kier alpha value is -1.23. The highest BCUT2D eigenvalue weighted by molar-refractivity contribution is 5.51. The van der Waals surface area contributed by atoms with Gasteiger partial charge in [-0.25, -0.2) is 0 Å². The molecule has 0 bridgehead atoms. The molecule has 1 atom stereocenters. The molecule has 0 spiro atoms. The summed E-state index contributed by atoms with van der Waals surface area (Å²) in [5, 5.41) is 3.29. The van der Waals surface area contributed by atoms with Crippen molar-refractivity contribution in [3.8, 4) is 0 Å². The van der Waals surface area contributed by atoms with Crippen LogP contribution in [0, 0.1) is 0 Å². The van der Waals surface area contributed by atoms with Crippen LogP contribution in [-0.2, 0) is 11.2 Å². The Morgan fingerprint density at radius 1 is 1.26 bits per heavy atom. The Morgan fingerprint density at radius 2 is 2.05 bits per heavy atom. The summed E-state index contributed by atoms with van der Waals surface area (Å²) in [5.41, 5.74) is 2.34. The molecule has 0 aromatic heterocycles. The van der Waals surface area contributed by atoms with Crippen LogP contribution in [0.3, 0.4) is 0 Å². The van der Waals surface area contributed by atoms with E-state index in [9.17, 15) is 13.2 Å². The van der Waals surface area contributed by atoms with Crippen LogP contribution >= 0.6 is 0 Å². The monoisotopic (exact) mass is 273 g/mol. The molecule has 1 N–H and O–H groups in total. The molecule has 0 fully saturated rings. The van der Waals surface area contributed by atoms with Crippen LogP contribution in [0.2, 0.25) is 0 Å². The van der Waals surface area contributed by atoms with E-state index in [1.165, 1.54) is 5.56 Å². The van der Waals surface area contributed by atoms with Gasteiger partial charge < -0.3 is 10.1 Å². The molecular weight excluding hydrogens is 255 g/mol. The zero-order chi connectivity index (χ0) is 13.7. The summed E-state index contributed by atoms with van der Waals surface area (Å²) in [5.74, 6) is 0. The zero-order valence-corrected chi connectivity index (χ0v) is 10.7. The molecule has 1 aliphatic rings. The largest absolute Gasteiger partial charge is 0.389 e.